The predicted octanol–water partition coefficient (Wildman–Crippen LogP) is 4.28. The fourth-order valence-electron chi connectivity index (χ4n) is 3.86. The van der Waals surface area contributed by atoms with Crippen LogP contribution in [0.1, 0.15) is 0 Å². The van der Waals surface area contributed by atoms with E-state index in [0.29, 0.717) is 5.78 Å². The van der Waals surface area contributed by atoms with Crippen LogP contribution in [0.25, 0.3) is 22.1 Å². The van der Waals surface area contributed by atoms with E-state index in [4.69, 9.17) is 8.83 Å². The summed E-state index contributed by atoms with van der Waals surface area (Å²) in [6.07, 6.45) is 1.69. The van der Waals surface area contributed by atoms with Gasteiger partial charge in [0.25, 0.3) is 5.78 Å². The van der Waals surface area contributed by atoms with E-state index in [-0.39, 0.29) is 0 Å². The molecule has 26 heavy (non-hydrogen) atoms. The van der Waals surface area contributed by atoms with Gasteiger partial charge in [0.1, 0.15) is 13.7 Å². The standard InChI is InChI=1S/C23H18O2Si/c1-26(17-8-4-2-5-9-17,18-10-6-3-7-11-18)19-12-13-22-21(16-19)20-14-15-24-23(20)25-22/h2-16H,1H3. The minimum Gasteiger partial charge on any atom is -0.433 e. The lowest BCUT2D eigenvalue weighted by Gasteiger charge is -2.29. The molecule has 0 aliphatic rings. The van der Waals surface area contributed by atoms with E-state index >= 15 is 0 Å². The average molecular weight is 354 g/mol. The molecule has 0 aliphatic carbocycles. The van der Waals surface area contributed by atoms with Crippen LogP contribution in [0.5, 0.6) is 0 Å². The highest BCUT2D eigenvalue weighted by Gasteiger charge is 2.34. The van der Waals surface area contributed by atoms with E-state index in [1.807, 2.05) is 6.07 Å². The maximum atomic E-state index is 5.82. The first-order valence-electron chi connectivity index (χ1n) is 8.78. The van der Waals surface area contributed by atoms with E-state index in [2.05, 4.69) is 85.4 Å². The molecule has 2 aromatic heterocycles. The predicted molar refractivity (Wildman–Crippen MR) is 109 cm³/mol. The lowest BCUT2D eigenvalue weighted by molar-refractivity contribution is 0.499. The van der Waals surface area contributed by atoms with Crippen molar-refractivity contribution in [1.82, 2.24) is 0 Å². The molecule has 0 radical (unpaired) electrons. The first-order chi connectivity index (χ1) is 12.8. The molecule has 0 aliphatic heterocycles. The SMILES string of the molecule is C[Si](c1ccccc1)(c1ccccc1)c1ccc2oc3occc3c2c1. The Morgan fingerprint density at radius 2 is 1.31 bits per heavy atom. The molecule has 0 saturated heterocycles. The summed E-state index contributed by atoms with van der Waals surface area (Å²) in [6, 6.07) is 30.3. The van der Waals surface area contributed by atoms with Crippen molar-refractivity contribution in [2.45, 2.75) is 6.55 Å². The Morgan fingerprint density at radius 1 is 0.654 bits per heavy atom. The number of furan rings is 2. The maximum Gasteiger partial charge on any atom is 0.298 e. The third kappa shape index (κ3) is 2.17. The van der Waals surface area contributed by atoms with Crippen molar-refractivity contribution in [2.24, 2.45) is 0 Å². The molecular weight excluding hydrogens is 336 g/mol. The smallest absolute Gasteiger partial charge is 0.298 e. The second-order valence-electron chi connectivity index (χ2n) is 6.79. The molecule has 3 heteroatoms. The van der Waals surface area contributed by atoms with Crippen molar-refractivity contribution < 1.29 is 8.83 Å². The van der Waals surface area contributed by atoms with Gasteiger partial charge in [-0.05, 0) is 27.7 Å². The van der Waals surface area contributed by atoms with Crippen LogP contribution in [0.2, 0.25) is 6.55 Å². The fraction of sp³-hybridized carbons (Fsp3) is 0.0435. The van der Waals surface area contributed by atoms with Gasteiger partial charge in [0.2, 0.25) is 0 Å². The van der Waals surface area contributed by atoms with Crippen LogP contribution >= 0.6 is 0 Å². The van der Waals surface area contributed by atoms with Crippen molar-refractivity contribution in [3.8, 4) is 0 Å². The zero-order valence-corrected chi connectivity index (χ0v) is 15.5. The monoisotopic (exact) mass is 354 g/mol. The second kappa shape index (κ2) is 5.75. The van der Waals surface area contributed by atoms with Crippen molar-refractivity contribution in [2.75, 3.05) is 0 Å². The number of benzene rings is 3. The maximum absolute atomic E-state index is 5.82. The second-order valence-corrected chi connectivity index (χ2v) is 10.8. The summed E-state index contributed by atoms with van der Waals surface area (Å²) in [5.74, 6) is 0.597. The fourth-order valence-corrected chi connectivity index (χ4v) is 7.43. The van der Waals surface area contributed by atoms with Gasteiger partial charge < -0.3 is 8.83 Å². The van der Waals surface area contributed by atoms with E-state index in [9.17, 15) is 0 Å². The Hall–Kier alpha value is -3.04. The Morgan fingerprint density at radius 3 is 1.96 bits per heavy atom. The quantitative estimate of drug-likeness (QED) is 0.357. The number of rotatable bonds is 3. The normalized spacial score (nSPS) is 12.0. The lowest BCUT2D eigenvalue weighted by Crippen LogP contribution is -2.64. The van der Waals surface area contributed by atoms with Crippen LogP contribution in [-0.2, 0) is 0 Å². The number of hydrogen-bond donors (Lipinski definition) is 0. The molecule has 0 N–H and O–H groups in total. The van der Waals surface area contributed by atoms with Gasteiger partial charge in [-0.15, -0.1) is 0 Å². The Balaban J connectivity index is 1.81. The molecule has 0 bridgehead atoms. The van der Waals surface area contributed by atoms with Gasteiger partial charge in [0.15, 0.2) is 0 Å². The molecule has 0 spiro atoms. The van der Waals surface area contributed by atoms with Gasteiger partial charge in [-0.2, -0.15) is 0 Å². The topological polar surface area (TPSA) is 26.3 Å². The summed E-state index contributed by atoms with van der Waals surface area (Å²) < 4.78 is 11.3. The first-order valence-corrected chi connectivity index (χ1v) is 11.3. The Bertz CT molecular complexity index is 1150. The minimum atomic E-state index is -2.11. The van der Waals surface area contributed by atoms with Crippen LogP contribution in [0.3, 0.4) is 0 Å². The molecule has 0 saturated carbocycles. The van der Waals surface area contributed by atoms with Crippen LogP contribution < -0.4 is 15.6 Å². The van der Waals surface area contributed by atoms with Crippen LogP contribution in [0.4, 0.5) is 0 Å². The lowest BCUT2D eigenvalue weighted by atomic mass is 10.2. The highest BCUT2D eigenvalue weighted by atomic mass is 28.3. The van der Waals surface area contributed by atoms with Crippen molar-refractivity contribution in [3.05, 3.63) is 91.2 Å². The molecule has 0 amide bonds. The third-order valence-electron chi connectivity index (χ3n) is 5.38. The largest absolute Gasteiger partial charge is 0.433 e. The minimum absolute atomic E-state index is 0.597. The van der Waals surface area contributed by atoms with Gasteiger partial charge in [0, 0.05) is 5.39 Å². The highest BCUT2D eigenvalue weighted by Crippen LogP contribution is 2.29. The molecule has 2 nitrogen and oxygen atoms in total. The van der Waals surface area contributed by atoms with Crippen molar-refractivity contribution in [1.29, 1.82) is 0 Å². The Labute approximate surface area is 152 Å². The zero-order valence-electron chi connectivity index (χ0n) is 14.5. The van der Waals surface area contributed by atoms with Crippen molar-refractivity contribution >= 4 is 45.8 Å². The third-order valence-corrected chi connectivity index (χ3v) is 9.82. The van der Waals surface area contributed by atoms with Gasteiger partial charge in [-0.25, -0.2) is 0 Å². The molecule has 126 valence electrons. The molecule has 5 aromatic rings. The molecular formula is C23H18O2Si. The van der Waals surface area contributed by atoms with Gasteiger partial charge >= 0.3 is 0 Å². The number of hydrogen-bond acceptors (Lipinski definition) is 2. The summed E-state index contributed by atoms with van der Waals surface area (Å²) in [5, 5.41) is 6.33. The molecule has 0 atom stereocenters. The van der Waals surface area contributed by atoms with Gasteiger partial charge in [-0.3, -0.25) is 0 Å². The average Bonchev–Trinajstić information content (AvgIpc) is 3.30. The number of fused-ring (bicyclic) bond motifs is 3. The van der Waals surface area contributed by atoms with E-state index in [1.165, 1.54) is 15.6 Å². The first kappa shape index (κ1) is 15.2. The summed E-state index contributed by atoms with van der Waals surface area (Å²) in [5.41, 5.74) is 0.876. The zero-order chi connectivity index (χ0) is 17.6. The van der Waals surface area contributed by atoms with Crippen LogP contribution in [-0.4, -0.2) is 8.07 Å². The summed E-state index contributed by atoms with van der Waals surface area (Å²) in [7, 11) is -2.11. The molecule has 3 aromatic carbocycles. The molecule has 2 heterocycles. The Kier molecular flexibility index (Phi) is 3.37. The highest BCUT2D eigenvalue weighted by molar-refractivity contribution is 7.10. The summed E-state index contributed by atoms with van der Waals surface area (Å²) >= 11 is 0. The van der Waals surface area contributed by atoms with E-state index in [0.717, 1.165) is 16.4 Å². The van der Waals surface area contributed by atoms with Gasteiger partial charge in [0.05, 0.1) is 11.6 Å². The molecule has 0 unspecified atom stereocenters. The summed E-state index contributed by atoms with van der Waals surface area (Å²) in [4.78, 5) is 0. The van der Waals surface area contributed by atoms with Crippen LogP contribution in [0, 0.1) is 0 Å². The van der Waals surface area contributed by atoms with Crippen LogP contribution in [0.15, 0.2) is 100 Å². The van der Waals surface area contributed by atoms with E-state index < -0.39 is 8.07 Å². The molecule has 0 fully saturated rings. The molecule has 5 rings (SSSR count). The van der Waals surface area contributed by atoms with Gasteiger partial charge in [-0.1, -0.05) is 79.3 Å². The van der Waals surface area contributed by atoms with E-state index in [1.54, 1.807) is 6.26 Å². The van der Waals surface area contributed by atoms with Crippen molar-refractivity contribution in [3.63, 3.8) is 0 Å². The summed E-state index contributed by atoms with van der Waals surface area (Å²) in [6.45, 7) is 2.42.